The summed E-state index contributed by atoms with van der Waals surface area (Å²) in [5, 5.41) is 3.54. The molecule has 0 bridgehead atoms. The fourth-order valence-electron chi connectivity index (χ4n) is 5.81. The number of aryl methyl sites for hydroxylation is 1. The molecular formula is C30H34N2O5. The van der Waals surface area contributed by atoms with Crippen LogP contribution in [0.5, 0.6) is 0 Å². The lowest BCUT2D eigenvalue weighted by Gasteiger charge is -2.43. The molecule has 1 aliphatic carbocycles. The van der Waals surface area contributed by atoms with Gasteiger partial charge in [-0.25, -0.2) is 9.69 Å². The molecule has 194 valence electrons. The monoisotopic (exact) mass is 502 g/mol. The Morgan fingerprint density at radius 3 is 2.35 bits per heavy atom. The molecule has 0 saturated carbocycles. The van der Waals surface area contributed by atoms with Gasteiger partial charge in [-0.15, -0.1) is 0 Å². The molecule has 2 aliphatic heterocycles. The van der Waals surface area contributed by atoms with E-state index in [9.17, 15) is 14.4 Å². The molecule has 0 saturated heterocycles. The number of nitrogens with one attached hydrogen (secondary N) is 1. The van der Waals surface area contributed by atoms with Crippen molar-refractivity contribution in [2.45, 2.75) is 77.5 Å². The number of hydrogen-bond acceptors (Lipinski definition) is 6. The van der Waals surface area contributed by atoms with Crippen LogP contribution < -0.4 is 10.2 Å². The van der Waals surface area contributed by atoms with E-state index in [4.69, 9.17) is 9.47 Å². The molecule has 7 heteroatoms. The van der Waals surface area contributed by atoms with Crippen LogP contribution in [0.25, 0.3) is 5.57 Å². The number of rotatable bonds is 1. The van der Waals surface area contributed by atoms with Crippen molar-refractivity contribution in [3.05, 3.63) is 65.2 Å². The van der Waals surface area contributed by atoms with Crippen LogP contribution in [0.4, 0.5) is 16.2 Å². The number of anilines is 2. The second-order valence-electron chi connectivity index (χ2n) is 12.1. The van der Waals surface area contributed by atoms with Gasteiger partial charge in [0, 0.05) is 11.3 Å². The van der Waals surface area contributed by atoms with Crippen LogP contribution in [0.1, 0.15) is 64.7 Å². The standard InChI is InChI=1S/C30H34N2O5/c1-17-12-15-23-21(16-17)30(26(34)32(23)27(35)37-29(5,6)7)20(25(33)36-28(2,3)4)14-13-19-18-10-8-9-11-22(18)31-24(19)30/h8-13,15-16,20,24,31H,14H2,1-7H3. The zero-order chi connectivity index (χ0) is 26.9. The molecule has 2 heterocycles. The number of nitrogens with zero attached hydrogens (tertiary/aromatic N) is 1. The van der Waals surface area contributed by atoms with Gasteiger partial charge >= 0.3 is 12.1 Å². The molecule has 3 aliphatic rings. The van der Waals surface area contributed by atoms with Crippen molar-refractivity contribution in [2.24, 2.45) is 5.92 Å². The van der Waals surface area contributed by atoms with Crippen LogP contribution in [0, 0.1) is 12.8 Å². The smallest absolute Gasteiger partial charge is 0.421 e. The van der Waals surface area contributed by atoms with Crippen LogP contribution >= 0.6 is 0 Å². The van der Waals surface area contributed by atoms with Gasteiger partial charge in [0.05, 0.1) is 17.6 Å². The molecule has 7 nitrogen and oxygen atoms in total. The number of imide groups is 1. The van der Waals surface area contributed by atoms with Crippen LogP contribution in [-0.4, -0.2) is 35.2 Å². The normalized spacial score (nSPS) is 24.1. The van der Waals surface area contributed by atoms with E-state index < -0.39 is 46.5 Å². The van der Waals surface area contributed by atoms with E-state index in [1.165, 1.54) is 0 Å². The molecule has 5 rings (SSSR count). The zero-order valence-electron chi connectivity index (χ0n) is 22.5. The highest BCUT2D eigenvalue weighted by Gasteiger charge is 2.67. The molecule has 1 N–H and O–H groups in total. The third-order valence-corrected chi connectivity index (χ3v) is 7.09. The highest BCUT2D eigenvalue weighted by molar-refractivity contribution is 6.24. The lowest BCUT2D eigenvalue weighted by molar-refractivity contribution is -0.164. The van der Waals surface area contributed by atoms with E-state index >= 15 is 0 Å². The maximum atomic E-state index is 14.7. The zero-order valence-corrected chi connectivity index (χ0v) is 22.5. The molecule has 0 radical (unpaired) electrons. The molecule has 37 heavy (non-hydrogen) atoms. The Kier molecular flexibility index (Phi) is 5.55. The van der Waals surface area contributed by atoms with E-state index in [1.807, 2.05) is 70.2 Å². The van der Waals surface area contributed by atoms with Crippen molar-refractivity contribution in [3.63, 3.8) is 0 Å². The summed E-state index contributed by atoms with van der Waals surface area (Å²) in [4.78, 5) is 43.1. The number of allylic oxidation sites excluding steroid dienone is 1. The molecule has 2 aromatic carbocycles. The van der Waals surface area contributed by atoms with Gasteiger partial charge in [-0.05, 0) is 78.2 Å². The molecule has 3 atom stereocenters. The van der Waals surface area contributed by atoms with Crippen molar-refractivity contribution in [3.8, 4) is 0 Å². The average molecular weight is 503 g/mol. The number of benzene rings is 2. The Morgan fingerprint density at radius 2 is 1.68 bits per heavy atom. The van der Waals surface area contributed by atoms with Gasteiger partial charge in [-0.2, -0.15) is 0 Å². The highest BCUT2D eigenvalue weighted by atomic mass is 16.6. The predicted octanol–water partition coefficient (Wildman–Crippen LogP) is 5.75. The first-order valence-corrected chi connectivity index (χ1v) is 12.7. The van der Waals surface area contributed by atoms with Crippen molar-refractivity contribution >= 4 is 34.9 Å². The first-order chi connectivity index (χ1) is 17.2. The quantitative estimate of drug-likeness (QED) is 0.500. The maximum Gasteiger partial charge on any atom is 0.421 e. The minimum Gasteiger partial charge on any atom is -0.460 e. The molecular weight excluding hydrogens is 468 g/mol. The Hall–Kier alpha value is -3.61. The van der Waals surface area contributed by atoms with E-state index in [2.05, 4.69) is 5.32 Å². The Bertz CT molecular complexity index is 1350. The van der Waals surface area contributed by atoms with Crippen LogP contribution in [0.15, 0.2) is 48.5 Å². The molecule has 2 amide bonds. The first-order valence-electron chi connectivity index (χ1n) is 12.7. The third-order valence-electron chi connectivity index (χ3n) is 7.09. The average Bonchev–Trinajstić information content (AvgIpc) is 3.26. The van der Waals surface area contributed by atoms with Gasteiger partial charge in [0.15, 0.2) is 0 Å². The second kappa shape index (κ2) is 8.20. The number of esters is 1. The number of amides is 2. The minimum absolute atomic E-state index is 0.304. The van der Waals surface area contributed by atoms with Crippen LogP contribution in [0.3, 0.4) is 0 Å². The van der Waals surface area contributed by atoms with Crippen molar-refractivity contribution < 1.29 is 23.9 Å². The Morgan fingerprint density at radius 1 is 1.00 bits per heavy atom. The van der Waals surface area contributed by atoms with Crippen molar-refractivity contribution in [1.82, 2.24) is 0 Å². The number of carbonyl (C=O) groups excluding carboxylic acids is 3. The topological polar surface area (TPSA) is 84.9 Å². The molecule has 2 aromatic rings. The van der Waals surface area contributed by atoms with E-state index in [-0.39, 0.29) is 0 Å². The Labute approximate surface area is 217 Å². The number of fused-ring (bicyclic) bond motifs is 6. The van der Waals surface area contributed by atoms with Gasteiger partial charge in [0.1, 0.15) is 16.6 Å². The number of hydrogen-bond donors (Lipinski definition) is 1. The summed E-state index contributed by atoms with van der Waals surface area (Å²) in [6, 6.07) is 12.9. The summed E-state index contributed by atoms with van der Waals surface area (Å²) in [5.74, 6) is -1.79. The molecule has 1 spiro atoms. The lowest BCUT2D eigenvalue weighted by Crippen LogP contribution is -2.60. The summed E-state index contributed by atoms with van der Waals surface area (Å²) in [6.45, 7) is 12.7. The summed E-state index contributed by atoms with van der Waals surface area (Å²) >= 11 is 0. The summed E-state index contributed by atoms with van der Waals surface area (Å²) in [6.07, 6.45) is 1.58. The predicted molar refractivity (Wildman–Crippen MR) is 142 cm³/mol. The fourth-order valence-corrected chi connectivity index (χ4v) is 5.81. The summed E-state index contributed by atoms with van der Waals surface area (Å²) in [7, 11) is 0. The molecule has 3 unspecified atom stereocenters. The van der Waals surface area contributed by atoms with Gasteiger partial charge in [-0.3, -0.25) is 9.59 Å². The van der Waals surface area contributed by atoms with E-state index in [0.717, 1.165) is 27.3 Å². The second-order valence-corrected chi connectivity index (χ2v) is 12.1. The maximum absolute atomic E-state index is 14.7. The minimum atomic E-state index is -1.40. The number of para-hydroxylation sites is 1. The summed E-state index contributed by atoms with van der Waals surface area (Å²) in [5.41, 5.74) is 1.89. The van der Waals surface area contributed by atoms with Gasteiger partial charge in [0.2, 0.25) is 0 Å². The van der Waals surface area contributed by atoms with Gasteiger partial charge in [0.25, 0.3) is 5.91 Å². The number of carbonyl (C=O) groups is 3. The van der Waals surface area contributed by atoms with Crippen molar-refractivity contribution in [2.75, 3.05) is 10.2 Å². The lowest BCUT2D eigenvalue weighted by atomic mass is 9.60. The summed E-state index contributed by atoms with van der Waals surface area (Å²) < 4.78 is 11.6. The van der Waals surface area contributed by atoms with Crippen LogP contribution in [0.2, 0.25) is 0 Å². The highest BCUT2D eigenvalue weighted by Crippen LogP contribution is 2.58. The third kappa shape index (κ3) is 3.92. The number of ether oxygens (including phenoxy) is 2. The van der Waals surface area contributed by atoms with Gasteiger partial charge < -0.3 is 14.8 Å². The van der Waals surface area contributed by atoms with Crippen molar-refractivity contribution in [1.29, 1.82) is 0 Å². The van der Waals surface area contributed by atoms with Crippen LogP contribution in [-0.2, 0) is 24.5 Å². The molecule has 0 aromatic heterocycles. The first kappa shape index (κ1) is 25.1. The fraction of sp³-hybridized carbons (Fsp3) is 0.433. The van der Waals surface area contributed by atoms with Gasteiger partial charge in [-0.1, -0.05) is 42.0 Å². The SMILES string of the molecule is Cc1ccc2c(c1)C1(C(=O)N2C(=O)OC(C)(C)C)C(C(=O)OC(C)(C)C)CC=C2c3ccccc3NC21. The van der Waals surface area contributed by atoms with E-state index in [1.54, 1.807) is 26.8 Å². The van der Waals surface area contributed by atoms with E-state index in [0.29, 0.717) is 17.7 Å². The Balaban J connectivity index is 1.75. The molecule has 0 fully saturated rings. The largest absolute Gasteiger partial charge is 0.460 e.